The molecule has 8 nitrogen and oxygen atoms in total. The normalized spacial score (nSPS) is 36.3. The van der Waals surface area contributed by atoms with Crippen LogP contribution in [0.3, 0.4) is 0 Å². The average Bonchev–Trinajstić information content (AvgIpc) is 3.37. The van der Waals surface area contributed by atoms with E-state index in [4.69, 9.17) is 28.4 Å². The third-order valence-corrected chi connectivity index (χ3v) is 7.73. The number of fused-ring (bicyclic) bond motifs is 3. The monoisotopic (exact) mass is 459 g/mol. The number of amides is 1. The zero-order valence-corrected chi connectivity index (χ0v) is 19.1. The minimum atomic E-state index is -0.871. The predicted molar refractivity (Wildman–Crippen MR) is 118 cm³/mol. The summed E-state index contributed by atoms with van der Waals surface area (Å²) in [5.74, 6) is -1.01. The molecule has 1 aromatic rings. The van der Waals surface area contributed by atoms with Gasteiger partial charge in [0.2, 0.25) is 0 Å². The molecule has 0 unspecified atom stereocenters. The summed E-state index contributed by atoms with van der Waals surface area (Å²) in [7, 11) is 1.58. The number of anilines is 1. The number of carbonyl (C=O) groups excluding carboxylic acids is 1. The Morgan fingerprint density at radius 1 is 0.848 bits per heavy atom. The van der Waals surface area contributed by atoms with Gasteiger partial charge in [-0.15, -0.1) is 0 Å². The van der Waals surface area contributed by atoms with Crippen LogP contribution in [0, 0.1) is 0 Å². The molecule has 5 aliphatic rings. The van der Waals surface area contributed by atoms with Crippen molar-refractivity contribution in [3.8, 4) is 5.75 Å². The summed E-state index contributed by atoms with van der Waals surface area (Å²) in [5.41, 5.74) is 0.589. The number of nitrogens with one attached hydrogen (secondary N) is 1. The molecule has 0 radical (unpaired) electrons. The fourth-order valence-electron chi connectivity index (χ4n) is 6.12. The van der Waals surface area contributed by atoms with Crippen LogP contribution in [0.15, 0.2) is 24.3 Å². The molecule has 5 atom stereocenters. The van der Waals surface area contributed by atoms with E-state index in [1.165, 1.54) is 12.8 Å². The van der Waals surface area contributed by atoms with Crippen molar-refractivity contribution in [3.63, 3.8) is 0 Å². The quantitative estimate of drug-likeness (QED) is 0.734. The largest absolute Gasteiger partial charge is 0.495 e. The predicted octanol–water partition coefficient (Wildman–Crippen LogP) is 3.88. The highest BCUT2D eigenvalue weighted by Crippen LogP contribution is 2.51. The van der Waals surface area contributed by atoms with Crippen molar-refractivity contribution in [2.24, 2.45) is 0 Å². The number of hydrogen-bond donors (Lipinski definition) is 1. The van der Waals surface area contributed by atoms with Gasteiger partial charge in [0, 0.05) is 25.7 Å². The third kappa shape index (κ3) is 3.86. The van der Waals surface area contributed by atoms with Crippen LogP contribution in [-0.2, 0) is 28.5 Å². The molecule has 180 valence electrons. The van der Waals surface area contributed by atoms with Crippen molar-refractivity contribution in [2.75, 3.05) is 12.4 Å². The van der Waals surface area contributed by atoms with Gasteiger partial charge in [-0.05, 0) is 37.8 Å². The molecule has 1 N–H and O–H groups in total. The maximum atomic E-state index is 13.5. The van der Waals surface area contributed by atoms with Gasteiger partial charge in [-0.2, -0.15) is 0 Å². The Balaban J connectivity index is 1.28. The van der Waals surface area contributed by atoms with Crippen LogP contribution < -0.4 is 10.1 Å². The first-order valence-corrected chi connectivity index (χ1v) is 12.4. The van der Waals surface area contributed by atoms with Crippen molar-refractivity contribution in [2.45, 2.75) is 106 Å². The molecule has 3 saturated heterocycles. The van der Waals surface area contributed by atoms with Crippen molar-refractivity contribution in [1.82, 2.24) is 0 Å². The number of methoxy groups -OCH3 is 1. The number of carbonyl (C=O) groups is 1. The van der Waals surface area contributed by atoms with Crippen molar-refractivity contribution in [1.29, 1.82) is 0 Å². The standard InChI is InChI=1S/C25H33NO7/c1-28-17-11-5-4-10-16(17)26-22(27)20-18-19(31-24(30-18)12-6-2-7-13-24)21-23(29-20)33-25(32-21)14-8-3-9-15-25/h4-5,10-11,18-21,23H,2-3,6-9,12-15H2,1H3,(H,26,27)/t18-,19-,20-,21+,23-/m0/s1. The zero-order chi connectivity index (χ0) is 22.5. The van der Waals surface area contributed by atoms with Gasteiger partial charge in [0.15, 0.2) is 24.0 Å². The number of para-hydroxylation sites is 2. The van der Waals surface area contributed by atoms with Crippen LogP contribution in [0.4, 0.5) is 5.69 Å². The number of ether oxygens (including phenoxy) is 6. The maximum absolute atomic E-state index is 13.5. The summed E-state index contributed by atoms with van der Waals surface area (Å²) >= 11 is 0. The number of benzene rings is 1. The van der Waals surface area contributed by atoms with Crippen LogP contribution in [0.5, 0.6) is 5.75 Å². The summed E-state index contributed by atoms with van der Waals surface area (Å²) < 4.78 is 37.7. The molecule has 2 saturated carbocycles. The molecule has 2 aliphatic carbocycles. The van der Waals surface area contributed by atoms with E-state index >= 15 is 0 Å². The minimum Gasteiger partial charge on any atom is -0.495 e. The molecule has 1 aromatic carbocycles. The van der Waals surface area contributed by atoms with E-state index in [2.05, 4.69) is 5.32 Å². The highest BCUT2D eigenvalue weighted by atomic mass is 16.9. The van der Waals surface area contributed by atoms with Crippen molar-refractivity contribution >= 4 is 11.6 Å². The maximum Gasteiger partial charge on any atom is 0.256 e. The summed E-state index contributed by atoms with van der Waals surface area (Å²) in [5, 5.41) is 2.97. The highest BCUT2D eigenvalue weighted by Gasteiger charge is 2.65. The summed E-state index contributed by atoms with van der Waals surface area (Å²) in [4.78, 5) is 13.5. The Morgan fingerprint density at radius 2 is 1.45 bits per heavy atom. The Morgan fingerprint density at radius 3 is 2.15 bits per heavy atom. The lowest BCUT2D eigenvalue weighted by Crippen LogP contribution is -2.58. The van der Waals surface area contributed by atoms with Crippen molar-refractivity contribution < 1.29 is 33.2 Å². The molecule has 33 heavy (non-hydrogen) atoms. The summed E-state index contributed by atoms with van der Waals surface area (Å²) in [6.07, 6.45) is 7.02. The number of hydrogen-bond acceptors (Lipinski definition) is 7. The van der Waals surface area contributed by atoms with E-state index in [0.29, 0.717) is 11.4 Å². The first-order valence-electron chi connectivity index (χ1n) is 12.4. The third-order valence-electron chi connectivity index (χ3n) is 7.73. The number of rotatable bonds is 3. The lowest BCUT2D eigenvalue weighted by atomic mass is 9.94. The second-order valence-corrected chi connectivity index (χ2v) is 9.92. The van der Waals surface area contributed by atoms with Gasteiger partial charge in [0.25, 0.3) is 5.91 Å². The summed E-state index contributed by atoms with van der Waals surface area (Å²) in [6, 6.07) is 7.33. The second-order valence-electron chi connectivity index (χ2n) is 9.92. The van der Waals surface area contributed by atoms with Gasteiger partial charge in [-0.1, -0.05) is 25.0 Å². The Labute approximate surface area is 194 Å². The smallest absolute Gasteiger partial charge is 0.256 e. The molecular formula is C25H33NO7. The van der Waals surface area contributed by atoms with Crippen LogP contribution in [0.25, 0.3) is 0 Å². The van der Waals surface area contributed by atoms with Gasteiger partial charge in [0.05, 0.1) is 12.8 Å². The average molecular weight is 460 g/mol. The van der Waals surface area contributed by atoms with E-state index in [9.17, 15) is 4.79 Å². The molecule has 5 fully saturated rings. The zero-order valence-electron chi connectivity index (χ0n) is 19.1. The van der Waals surface area contributed by atoms with Crippen molar-refractivity contribution in [3.05, 3.63) is 24.3 Å². The molecule has 3 aliphatic heterocycles. The Hall–Kier alpha value is -1.71. The van der Waals surface area contributed by atoms with Gasteiger partial charge < -0.3 is 33.7 Å². The molecule has 1 amide bonds. The molecule has 0 aromatic heterocycles. The first-order chi connectivity index (χ1) is 16.1. The SMILES string of the molecule is COc1ccccc1NC(=O)[C@H]1O[C@H]2OC3(CCCCC3)O[C@@H]2[C@H]2OC3(CCCCC3)O[C@@H]21. The van der Waals surface area contributed by atoms with Gasteiger partial charge in [-0.25, -0.2) is 0 Å². The molecule has 2 spiro atoms. The Kier molecular flexibility index (Phi) is 5.62. The molecule has 0 bridgehead atoms. The van der Waals surface area contributed by atoms with Crippen LogP contribution in [-0.4, -0.2) is 55.3 Å². The van der Waals surface area contributed by atoms with Crippen LogP contribution in [0.2, 0.25) is 0 Å². The van der Waals surface area contributed by atoms with E-state index in [0.717, 1.165) is 51.4 Å². The minimum absolute atomic E-state index is 0.294. The molecule has 8 heteroatoms. The van der Waals surface area contributed by atoms with E-state index in [1.54, 1.807) is 13.2 Å². The fraction of sp³-hybridized carbons (Fsp3) is 0.720. The van der Waals surface area contributed by atoms with Crippen LogP contribution in [0.1, 0.15) is 64.2 Å². The highest BCUT2D eigenvalue weighted by molar-refractivity contribution is 5.96. The molecule has 3 heterocycles. The second kappa shape index (κ2) is 8.50. The van der Waals surface area contributed by atoms with Gasteiger partial charge >= 0.3 is 0 Å². The molecule has 6 rings (SSSR count). The van der Waals surface area contributed by atoms with E-state index in [-0.39, 0.29) is 5.91 Å². The molecular weight excluding hydrogens is 426 g/mol. The van der Waals surface area contributed by atoms with Gasteiger partial charge in [0.1, 0.15) is 24.1 Å². The fourth-order valence-corrected chi connectivity index (χ4v) is 6.12. The van der Waals surface area contributed by atoms with E-state index in [1.807, 2.05) is 18.2 Å². The summed E-state index contributed by atoms with van der Waals surface area (Å²) in [6.45, 7) is 0. The first kappa shape index (κ1) is 21.8. The van der Waals surface area contributed by atoms with E-state index < -0.39 is 42.3 Å². The topological polar surface area (TPSA) is 84.5 Å². The van der Waals surface area contributed by atoms with Gasteiger partial charge in [-0.3, -0.25) is 4.79 Å². The lowest BCUT2D eigenvalue weighted by molar-refractivity contribution is -0.246. The van der Waals surface area contributed by atoms with Crippen LogP contribution >= 0.6 is 0 Å². The Bertz CT molecular complexity index is 879. The lowest BCUT2D eigenvalue weighted by Gasteiger charge is -2.36.